The Morgan fingerprint density at radius 2 is 1.88 bits per heavy atom. The van der Waals surface area contributed by atoms with E-state index in [1.165, 1.54) is 25.9 Å². The number of methoxy groups -OCH3 is 1. The fourth-order valence-electron chi connectivity index (χ4n) is 4.44. The summed E-state index contributed by atoms with van der Waals surface area (Å²) in [6.45, 7) is 11.5. The van der Waals surface area contributed by atoms with Gasteiger partial charge in [0.25, 0.3) is 0 Å². The van der Waals surface area contributed by atoms with Gasteiger partial charge < -0.3 is 20.3 Å². The predicted molar refractivity (Wildman–Crippen MR) is 98.0 cm³/mol. The third-order valence-electron chi connectivity index (χ3n) is 5.59. The molecule has 0 radical (unpaired) electrons. The van der Waals surface area contributed by atoms with E-state index < -0.39 is 0 Å². The number of likely N-dealkylation sites (tertiary alicyclic amines) is 1. The molecule has 0 aromatic heterocycles. The average Bonchev–Trinajstić information content (AvgIpc) is 2.54. The molecule has 24 heavy (non-hydrogen) atoms. The maximum atomic E-state index is 12.6. The van der Waals surface area contributed by atoms with E-state index in [2.05, 4.69) is 29.4 Å². The number of carbonyl (C=O) groups excluding carboxylic acids is 1. The molecule has 2 unspecified atom stereocenters. The van der Waals surface area contributed by atoms with Crippen molar-refractivity contribution in [1.29, 1.82) is 0 Å². The van der Waals surface area contributed by atoms with Crippen LogP contribution in [-0.2, 0) is 9.53 Å². The lowest BCUT2D eigenvalue weighted by Gasteiger charge is -2.36. The summed E-state index contributed by atoms with van der Waals surface area (Å²) in [5, 5.41) is 6.50. The van der Waals surface area contributed by atoms with Gasteiger partial charge in [0.05, 0.1) is 12.0 Å². The van der Waals surface area contributed by atoms with Gasteiger partial charge in [-0.15, -0.1) is 0 Å². The van der Waals surface area contributed by atoms with Crippen molar-refractivity contribution in [2.24, 2.45) is 17.3 Å². The molecule has 5 heteroatoms. The van der Waals surface area contributed by atoms with Crippen LogP contribution in [0.1, 0.15) is 46.0 Å². The van der Waals surface area contributed by atoms with Gasteiger partial charge in [0, 0.05) is 26.7 Å². The summed E-state index contributed by atoms with van der Waals surface area (Å²) in [7, 11) is 1.69. The Morgan fingerprint density at radius 1 is 1.21 bits per heavy atom. The molecule has 1 amide bonds. The van der Waals surface area contributed by atoms with Crippen LogP contribution in [0.2, 0.25) is 0 Å². The van der Waals surface area contributed by atoms with Crippen LogP contribution >= 0.6 is 0 Å². The van der Waals surface area contributed by atoms with Gasteiger partial charge in [-0.05, 0) is 63.6 Å². The Morgan fingerprint density at radius 3 is 2.50 bits per heavy atom. The molecule has 2 N–H and O–H groups in total. The Bertz CT molecular complexity index is 367. The Kier molecular flexibility index (Phi) is 7.98. The van der Waals surface area contributed by atoms with Gasteiger partial charge in [0.15, 0.2) is 0 Å². The highest BCUT2D eigenvalue weighted by molar-refractivity contribution is 5.82. The van der Waals surface area contributed by atoms with Crippen molar-refractivity contribution in [3.05, 3.63) is 0 Å². The van der Waals surface area contributed by atoms with Gasteiger partial charge in [0.2, 0.25) is 5.91 Å². The number of hydrogen-bond acceptors (Lipinski definition) is 4. The van der Waals surface area contributed by atoms with E-state index in [0.29, 0.717) is 6.61 Å². The molecule has 5 nitrogen and oxygen atoms in total. The summed E-state index contributed by atoms with van der Waals surface area (Å²) in [4.78, 5) is 15.2. The molecule has 2 aliphatic rings. The number of amides is 1. The molecule has 0 spiro atoms. The normalized spacial score (nSPS) is 27.8. The van der Waals surface area contributed by atoms with E-state index in [1.54, 1.807) is 7.11 Å². The van der Waals surface area contributed by atoms with Crippen LogP contribution in [0.4, 0.5) is 0 Å². The molecule has 0 bridgehead atoms. The molecule has 2 atom stereocenters. The maximum absolute atomic E-state index is 12.6. The SMILES string of the molecule is COCC1(C(=O)NCCCCN2CC(C)CC(C)C2)CCNCC1. The Labute approximate surface area is 147 Å². The summed E-state index contributed by atoms with van der Waals surface area (Å²) in [5.41, 5.74) is -0.322. The second kappa shape index (κ2) is 9.73. The second-order valence-electron chi connectivity index (χ2n) is 8.13. The number of unbranched alkanes of at least 4 members (excludes halogenated alkanes) is 1. The zero-order valence-electron chi connectivity index (χ0n) is 15.9. The lowest BCUT2D eigenvalue weighted by atomic mass is 9.78. The maximum Gasteiger partial charge on any atom is 0.228 e. The number of carbonyl (C=O) groups is 1. The molecular formula is C19H37N3O2. The van der Waals surface area contributed by atoms with Crippen LogP contribution < -0.4 is 10.6 Å². The van der Waals surface area contributed by atoms with Gasteiger partial charge in [-0.1, -0.05) is 13.8 Å². The quantitative estimate of drug-likeness (QED) is 0.663. The van der Waals surface area contributed by atoms with Crippen molar-refractivity contribution in [3.8, 4) is 0 Å². The van der Waals surface area contributed by atoms with E-state index in [1.807, 2.05) is 0 Å². The van der Waals surface area contributed by atoms with Gasteiger partial charge in [0.1, 0.15) is 0 Å². The van der Waals surface area contributed by atoms with Crippen molar-refractivity contribution in [1.82, 2.24) is 15.5 Å². The Balaban J connectivity index is 1.65. The smallest absolute Gasteiger partial charge is 0.228 e. The molecule has 0 saturated carbocycles. The molecule has 140 valence electrons. The largest absolute Gasteiger partial charge is 0.384 e. The molecule has 0 aromatic carbocycles. The van der Waals surface area contributed by atoms with E-state index >= 15 is 0 Å². The van der Waals surface area contributed by atoms with Crippen molar-refractivity contribution < 1.29 is 9.53 Å². The molecule has 2 saturated heterocycles. The number of ether oxygens (including phenoxy) is 1. The minimum absolute atomic E-state index is 0.186. The number of hydrogen-bond donors (Lipinski definition) is 2. The van der Waals surface area contributed by atoms with Crippen LogP contribution in [0.25, 0.3) is 0 Å². The van der Waals surface area contributed by atoms with Crippen molar-refractivity contribution in [2.75, 3.05) is 53.0 Å². The topological polar surface area (TPSA) is 53.6 Å². The first-order chi connectivity index (χ1) is 11.6. The predicted octanol–water partition coefficient (Wildman–Crippen LogP) is 1.88. The van der Waals surface area contributed by atoms with Crippen LogP contribution in [-0.4, -0.2) is 63.8 Å². The lowest BCUT2D eigenvalue weighted by Crippen LogP contribution is -2.50. The first-order valence-corrected chi connectivity index (χ1v) is 9.76. The molecule has 2 heterocycles. The summed E-state index contributed by atoms with van der Waals surface area (Å²) >= 11 is 0. The third kappa shape index (κ3) is 5.71. The molecular weight excluding hydrogens is 302 g/mol. The highest BCUT2D eigenvalue weighted by Crippen LogP contribution is 2.29. The van der Waals surface area contributed by atoms with Crippen LogP contribution in [0.3, 0.4) is 0 Å². The molecule has 2 aliphatic heterocycles. The van der Waals surface area contributed by atoms with Gasteiger partial charge >= 0.3 is 0 Å². The van der Waals surface area contributed by atoms with E-state index in [0.717, 1.165) is 57.3 Å². The summed E-state index contributed by atoms with van der Waals surface area (Å²) in [5.74, 6) is 1.83. The molecule has 2 rings (SSSR count). The van der Waals surface area contributed by atoms with E-state index in [4.69, 9.17) is 4.74 Å². The standard InChI is InChI=1S/C19H37N3O2/c1-16-12-17(2)14-22(13-16)11-5-4-8-21-18(23)19(15-24-3)6-9-20-10-7-19/h16-17,20H,4-15H2,1-3H3,(H,21,23). The van der Waals surface area contributed by atoms with Crippen LogP contribution in [0.15, 0.2) is 0 Å². The van der Waals surface area contributed by atoms with Crippen molar-refractivity contribution >= 4 is 5.91 Å². The van der Waals surface area contributed by atoms with E-state index in [9.17, 15) is 4.79 Å². The minimum Gasteiger partial charge on any atom is -0.384 e. The van der Waals surface area contributed by atoms with E-state index in [-0.39, 0.29) is 11.3 Å². The first-order valence-electron chi connectivity index (χ1n) is 9.76. The number of nitrogens with zero attached hydrogens (tertiary/aromatic N) is 1. The Hall–Kier alpha value is -0.650. The van der Waals surface area contributed by atoms with Crippen molar-refractivity contribution in [2.45, 2.75) is 46.0 Å². The summed E-state index contributed by atoms with van der Waals surface area (Å²) < 4.78 is 5.34. The molecule has 0 aromatic rings. The van der Waals surface area contributed by atoms with Gasteiger partial charge in [-0.2, -0.15) is 0 Å². The number of piperidine rings is 2. The van der Waals surface area contributed by atoms with Gasteiger partial charge in [-0.25, -0.2) is 0 Å². The van der Waals surface area contributed by atoms with Crippen LogP contribution in [0.5, 0.6) is 0 Å². The third-order valence-corrected chi connectivity index (χ3v) is 5.59. The van der Waals surface area contributed by atoms with Crippen LogP contribution in [0, 0.1) is 17.3 Å². The highest BCUT2D eigenvalue weighted by Gasteiger charge is 2.39. The zero-order chi connectivity index (χ0) is 17.4. The average molecular weight is 340 g/mol. The number of rotatable bonds is 8. The zero-order valence-corrected chi connectivity index (χ0v) is 15.9. The lowest BCUT2D eigenvalue weighted by molar-refractivity contribution is -0.136. The fourth-order valence-corrected chi connectivity index (χ4v) is 4.44. The summed E-state index contributed by atoms with van der Waals surface area (Å²) in [6, 6.07) is 0. The molecule has 2 fully saturated rings. The highest BCUT2D eigenvalue weighted by atomic mass is 16.5. The first kappa shape index (κ1) is 19.7. The van der Waals surface area contributed by atoms with Gasteiger partial charge in [-0.3, -0.25) is 4.79 Å². The number of nitrogens with one attached hydrogen (secondary N) is 2. The molecule has 0 aliphatic carbocycles. The monoisotopic (exact) mass is 339 g/mol. The minimum atomic E-state index is -0.322. The summed E-state index contributed by atoms with van der Waals surface area (Å²) in [6.07, 6.45) is 5.33. The van der Waals surface area contributed by atoms with Crippen molar-refractivity contribution in [3.63, 3.8) is 0 Å². The second-order valence-corrected chi connectivity index (χ2v) is 8.13. The fraction of sp³-hybridized carbons (Fsp3) is 0.947.